The van der Waals surface area contributed by atoms with Crippen LogP contribution in [-0.2, 0) is 16.1 Å². The van der Waals surface area contributed by atoms with Crippen LogP contribution in [0.25, 0.3) is 0 Å². The molecule has 4 nitrogen and oxygen atoms in total. The number of carboxylic acids is 1. The van der Waals surface area contributed by atoms with Crippen molar-refractivity contribution in [2.24, 2.45) is 0 Å². The van der Waals surface area contributed by atoms with Gasteiger partial charge < -0.3 is 10.0 Å². The second-order valence-electron chi connectivity index (χ2n) is 5.02. The highest BCUT2D eigenvalue weighted by atomic mass is 16.4. The first-order valence-electron chi connectivity index (χ1n) is 6.33. The van der Waals surface area contributed by atoms with Gasteiger partial charge in [-0.1, -0.05) is 17.7 Å². The number of benzene rings is 1. The van der Waals surface area contributed by atoms with E-state index in [0.717, 1.165) is 16.7 Å². The molecule has 1 amide bonds. The van der Waals surface area contributed by atoms with E-state index in [2.05, 4.69) is 12.1 Å². The third-order valence-electron chi connectivity index (χ3n) is 3.21. The molecule has 1 aromatic carbocycles. The summed E-state index contributed by atoms with van der Waals surface area (Å²) in [5.41, 5.74) is 4.67. The zero-order valence-corrected chi connectivity index (χ0v) is 12.0. The van der Waals surface area contributed by atoms with E-state index in [1.807, 2.05) is 20.8 Å². The van der Waals surface area contributed by atoms with Crippen molar-refractivity contribution in [1.82, 2.24) is 4.90 Å². The molecule has 104 valence electrons. The largest absolute Gasteiger partial charge is 0.481 e. The van der Waals surface area contributed by atoms with E-state index in [0.29, 0.717) is 6.54 Å². The van der Waals surface area contributed by atoms with Crippen LogP contribution in [0.4, 0.5) is 0 Å². The van der Waals surface area contributed by atoms with Gasteiger partial charge in [0, 0.05) is 20.0 Å². The predicted octanol–water partition coefficient (Wildman–Crippen LogP) is 2.44. The molecule has 0 aliphatic rings. The molecular formula is C15H21NO3. The summed E-state index contributed by atoms with van der Waals surface area (Å²) < 4.78 is 0. The smallest absolute Gasteiger partial charge is 0.303 e. The highest BCUT2D eigenvalue weighted by Gasteiger charge is 2.13. The molecule has 0 heterocycles. The van der Waals surface area contributed by atoms with E-state index in [1.54, 1.807) is 11.9 Å². The molecule has 0 aliphatic heterocycles. The Morgan fingerprint density at radius 2 is 1.63 bits per heavy atom. The third kappa shape index (κ3) is 4.39. The average molecular weight is 263 g/mol. The van der Waals surface area contributed by atoms with E-state index >= 15 is 0 Å². The molecule has 19 heavy (non-hydrogen) atoms. The monoisotopic (exact) mass is 263 g/mol. The van der Waals surface area contributed by atoms with E-state index in [4.69, 9.17) is 5.11 Å². The lowest BCUT2D eigenvalue weighted by Gasteiger charge is -2.20. The molecule has 0 aromatic heterocycles. The quantitative estimate of drug-likeness (QED) is 0.887. The molecule has 4 heteroatoms. The van der Waals surface area contributed by atoms with E-state index in [-0.39, 0.29) is 18.7 Å². The molecular weight excluding hydrogens is 242 g/mol. The first-order chi connectivity index (χ1) is 8.81. The van der Waals surface area contributed by atoms with Crippen LogP contribution in [0.5, 0.6) is 0 Å². The Bertz CT molecular complexity index is 471. The van der Waals surface area contributed by atoms with Crippen molar-refractivity contribution >= 4 is 11.9 Å². The van der Waals surface area contributed by atoms with Crippen molar-refractivity contribution in [1.29, 1.82) is 0 Å². The van der Waals surface area contributed by atoms with Crippen molar-refractivity contribution in [2.75, 3.05) is 7.05 Å². The summed E-state index contributed by atoms with van der Waals surface area (Å²) in [7, 11) is 1.71. The number of rotatable bonds is 5. The standard InChI is InChI=1S/C15H21NO3/c1-10-7-11(2)13(12(3)8-10)9-16(4)14(17)5-6-15(18)19/h7-8H,5-6,9H2,1-4H3,(H,18,19). The molecule has 0 fully saturated rings. The summed E-state index contributed by atoms with van der Waals surface area (Å²) in [4.78, 5) is 23.9. The highest BCUT2D eigenvalue weighted by Crippen LogP contribution is 2.18. The second-order valence-corrected chi connectivity index (χ2v) is 5.02. The van der Waals surface area contributed by atoms with Gasteiger partial charge in [0.2, 0.25) is 5.91 Å². The lowest BCUT2D eigenvalue weighted by Crippen LogP contribution is -2.27. The normalized spacial score (nSPS) is 10.3. The van der Waals surface area contributed by atoms with Crippen LogP contribution >= 0.6 is 0 Å². The van der Waals surface area contributed by atoms with Gasteiger partial charge in [0.05, 0.1) is 6.42 Å². The fraction of sp³-hybridized carbons (Fsp3) is 0.467. The first kappa shape index (κ1) is 15.2. The molecule has 0 spiro atoms. The van der Waals surface area contributed by atoms with Crippen LogP contribution in [0.15, 0.2) is 12.1 Å². The Kier molecular flexibility index (Phi) is 5.10. The fourth-order valence-corrected chi connectivity index (χ4v) is 2.19. The molecule has 0 saturated carbocycles. The molecule has 0 unspecified atom stereocenters. The second kappa shape index (κ2) is 6.36. The number of amides is 1. The number of nitrogens with zero attached hydrogens (tertiary/aromatic N) is 1. The Hall–Kier alpha value is -1.84. The minimum absolute atomic E-state index is 0.0514. The van der Waals surface area contributed by atoms with Gasteiger partial charge in [0.25, 0.3) is 0 Å². The van der Waals surface area contributed by atoms with E-state index < -0.39 is 5.97 Å². The summed E-state index contributed by atoms with van der Waals surface area (Å²) in [6.07, 6.45) is -0.0647. The SMILES string of the molecule is Cc1cc(C)c(CN(C)C(=O)CCC(=O)O)c(C)c1. The average Bonchev–Trinajstić information content (AvgIpc) is 2.30. The Labute approximate surface area is 114 Å². The van der Waals surface area contributed by atoms with E-state index in [1.165, 1.54) is 5.56 Å². The fourth-order valence-electron chi connectivity index (χ4n) is 2.19. The van der Waals surface area contributed by atoms with Crippen LogP contribution in [0, 0.1) is 20.8 Å². The minimum Gasteiger partial charge on any atom is -0.481 e. The van der Waals surface area contributed by atoms with Crippen molar-refractivity contribution in [2.45, 2.75) is 40.2 Å². The van der Waals surface area contributed by atoms with Crippen molar-refractivity contribution in [3.05, 3.63) is 34.4 Å². The Morgan fingerprint density at radius 1 is 1.11 bits per heavy atom. The number of aryl methyl sites for hydroxylation is 3. The summed E-state index contributed by atoms with van der Waals surface area (Å²) in [5, 5.41) is 8.58. The number of carbonyl (C=O) groups excluding carboxylic acids is 1. The number of carboxylic acid groups (broad SMARTS) is 1. The summed E-state index contributed by atoms with van der Waals surface area (Å²) in [5.74, 6) is -1.08. The zero-order chi connectivity index (χ0) is 14.6. The Morgan fingerprint density at radius 3 is 2.11 bits per heavy atom. The van der Waals surface area contributed by atoms with Crippen LogP contribution in [-0.4, -0.2) is 28.9 Å². The van der Waals surface area contributed by atoms with Gasteiger partial charge >= 0.3 is 5.97 Å². The summed E-state index contributed by atoms with van der Waals surface area (Å²) >= 11 is 0. The molecule has 0 radical (unpaired) electrons. The lowest BCUT2D eigenvalue weighted by atomic mass is 9.99. The third-order valence-corrected chi connectivity index (χ3v) is 3.21. The topological polar surface area (TPSA) is 57.6 Å². The number of hydrogen-bond donors (Lipinski definition) is 1. The van der Waals surface area contributed by atoms with Gasteiger partial charge in [0.1, 0.15) is 0 Å². The van der Waals surface area contributed by atoms with Gasteiger partial charge in [-0.15, -0.1) is 0 Å². The van der Waals surface area contributed by atoms with Crippen LogP contribution in [0.2, 0.25) is 0 Å². The van der Waals surface area contributed by atoms with E-state index in [9.17, 15) is 9.59 Å². The number of aliphatic carboxylic acids is 1. The van der Waals surface area contributed by atoms with Crippen molar-refractivity contribution in [3.63, 3.8) is 0 Å². The highest BCUT2D eigenvalue weighted by molar-refractivity contribution is 5.80. The molecule has 1 N–H and O–H groups in total. The van der Waals surface area contributed by atoms with Gasteiger partial charge in [0.15, 0.2) is 0 Å². The molecule has 0 bridgehead atoms. The zero-order valence-electron chi connectivity index (χ0n) is 12.0. The Balaban J connectivity index is 2.74. The maximum atomic E-state index is 11.8. The van der Waals surface area contributed by atoms with Gasteiger partial charge in [-0.05, 0) is 37.5 Å². The number of carbonyl (C=O) groups is 2. The number of hydrogen-bond acceptors (Lipinski definition) is 2. The van der Waals surface area contributed by atoms with Gasteiger partial charge in [-0.3, -0.25) is 9.59 Å². The van der Waals surface area contributed by atoms with Gasteiger partial charge in [-0.25, -0.2) is 0 Å². The van der Waals surface area contributed by atoms with Gasteiger partial charge in [-0.2, -0.15) is 0 Å². The van der Waals surface area contributed by atoms with Crippen LogP contribution in [0.1, 0.15) is 35.1 Å². The van der Waals surface area contributed by atoms with Crippen molar-refractivity contribution in [3.8, 4) is 0 Å². The lowest BCUT2D eigenvalue weighted by molar-refractivity contribution is -0.140. The predicted molar refractivity (Wildman–Crippen MR) is 74.0 cm³/mol. The van der Waals surface area contributed by atoms with Crippen LogP contribution < -0.4 is 0 Å². The maximum absolute atomic E-state index is 11.8. The molecule has 1 rings (SSSR count). The molecule has 0 aliphatic carbocycles. The van der Waals surface area contributed by atoms with Crippen LogP contribution in [0.3, 0.4) is 0 Å². The molecule has 0 atom stereocenters. The summed E-state index contributed by atoms with van der Waals surface area (Å²) in [6.45, 7) is 6.64. The summed E-state index contributed by atoms with van der Waals surface area (Å²) in [6, 6.07) is 4.19. The minimum atomic E-state index is -0.940. The molecule has 0 saturated heterocycles. The van der Waals surface area contributed by atoms with Crippen molar-refractivity contribution < 1.29 is 14.7 Å². The molecule has 1 aromatic rings. The maximum Gasteiger partial charge on any atom is 0.303 e. The first-order valence-corrected chi connectivity index (χ1v) is 6.33.